The van der Waals surface area contributed by atoms with E-state index in [4.69, 9.17) is 5.73 Å². The molecule has 8 heteroatoms. The van der Waals surface area contributed by atoms with Gasteiger partial charge in [0.25, 0.3) is 5.91 Å². The van der Waals surface area contributed by atoms with E-state index in [0.29, 0.717) is 43.5 Å². The Kier molecular flexibility index (Phi) is 6.53. The van der Waals surface area contributed by atoms with Crippen LogP contribution in [-0.4, -0.2) is 58.0 Å². The van der Waals surface area contributed by atoms with Crippen molar-refractivity contribution >= 4 is 17.9 Å². The van der Waals surface area contributed by atoms with Gasteiger partial charge < -0.3 is 21.1 Å². The first-order chi connectivity index (χ1) is 14.2. The summed E-state index contributed by atoms with van der Waals surface area (Å²) in [5.41, 5.74) is 6.01. The molecule has 0 radical (unpaired) electrons. The number of hydrogen-bond acceptors (Lipinski definition) is 5. The molecule has 0 saturated carbocycles. The first kappa shape index (κ1) is 21.9. The van der Waals surface area contributed by atoms with Gasteiger partial charge in [-0.2, -0.15) is 0 Å². The molecule has 2 heterocycles. The zero-order valence-electron chi connectivity index (χ0n) is 18.1. The maximum absolute atomic E-state index is 12.9. The number of urea groups is 1. The van der Waals surface area contributed by atoms with Crippen LogP contribution in [0.4, 0.5) is 4.79 Å². The molecular formula is C22H33N5O3. The van der Waals surface area contributed by atoms with E-state index in [1.165, 1.54) is 0 Å². The molecule has 30 heavy (non-hydrogen) atoms. The first-order valence-corrected chi connectivity index (χ1v) is 10.7. The molecule has 2 aliphatic heterocycles. The van der Waals surface area contributed by atoms with Crippen LogP contribution in [0.2, 0.25) is 0 Å². The van der Waals surface area contributed by atoms with Gasteiger partial charge in [0.15, 0.2) is 5.96 Å². The van der Waals surface area contributed by atoms with Gasteiger partial charge in [-0.05, 0) is 44.1 Å². The maximum Gasteiger partial charge on any atom is 0.317 e. The number of hydrogen-bond donors (Lipinski definition) is 3. The summed E-state index contributed by atoms with van der Waals surface area (Å²) in [6.07, 6.45) is 2.29. The summed E-state index contributed by atoms with van der Waals surface area (Å²) in [6, 6.07) is 6.83. The lowest BCUT2D eigenvalue weighted by Gasteiger charge is -2.34. The van der Waals surface area contributed by atoms with Crippen molar-refractivity contribution in [2.24, 2.45) is 22.6 Å². The van der Waals surface area contributed by atoms with Gasteiger partial charge in [0.1, 0.15) is 11.3 Å². The number of carbonyl (C=O) groups excluding carboxylic acids is 2. The zero-order chi connectivity index (χ0) is 21.9. The molecule has 164 valence electrons. The zero-order valence-corrected chi connectivity index (χ0v) is 18.1. The molecule has 0 spiro atoms. The summed E-state index contributed by atoms with van der Waals surface area (Å²) in [7, 11) is 0. The number of piperidine rings is 1. The molecule has 8 nitrogen and oxygen atoms in total. The molecule has 3 amide bonds. The lowest BCUT2D eigenvalue weighted by atomic mass is 9.90. The van der Waals surface area contributed by atoms with Gasteiger partial charge in [0.05, 0.1) is 0 Å². The standard InChI is InChI=1S/C22H33N5O3/c1-15(2)12-22(3)19(29)27(20(23)25-22)14-16-8-10-26(11-9-16)21(30)24-13-17-6-4-5-7-18(17)28/h4-7,15-16,28H,8-14H2,1-3H3,(H2,23,25)(H,24,30). The number of likely N-dealkylation sites (tertiary alicyclic amines) is 1. The summed E-state index contributed by atoms with van der Waals surface area (Å²) < 4.78 is 0. The molecule has 1 aromatic carbocycles. The highest BCUT2D eigenvalue weighted by Gasteiger charge is 2.44. The van der Waals surface area contributed by atoms with Gasteiger partial charge in [0.2, 0.25) is 0 Å². The number of amides is 3. The van der Waals surface area contributed by atoms with Crippen molar-refractivity contribution in [1.29, 1.82) is 0 Å². The maximum atomic E-state index is 12.9. The number of para-hydroxylation sites is 1. The van der Waals surface area contributed by atoms with Crippen LogP contribution >= 0.6 is 0 Å². The Labute approximate surface area is 178 Å². The quantitative estimate of drug-likeness (QED) is 0.662. The number of guanidine groups is 1. The van der Waals surface area contributed by atoms with Crippen LogP contribution in [0.15, 0.2) is 29.3 Å². The van der Waals surface area contributed by atoms with E-state index in [2.05, 4.69) is 24.2 Å². The van der Waals surface area contributed by atoms with Crippen molar-refractivity contribution in [2.45, 2.75) is 52.1 Å². The lowest BCUT2D eigenvalue weighted by molar-refractivity contribution is -0.131. The highest BCUT2D eigenvalue weighted by molar-refractivity contribution is 6.06. The number of phenols is 1. The average molecular weight is 416 g/mol. The van der Waals surface area contributed by atoms with E-state index in [1.807, 2.05) is 13.0 Å². The van der Waals surface area contributed by atoms with Gasteiger partial charge in [-0.25, -0.2) is 9.79 Å². The Hall–Kier alpha value is -2.77. The molecule has 1 fully saturated rings. The highest BCUT2D eigenvalue weighted by atomic mass is 16.3. The molecule has 1 atom stereocenters. The number of aliphatic imine (C=N–C) groups is 1. The largest absolute Gasteiger partial charge is 0.508 e. The molecular weight excluding hydrogens is 382 g/mol. The van der Waals surface area contributed by atoms with E-state index in [0.717, 1.165) is 12.8 Å². The number of phenolic OH excluding ortho intramolecular Hbond substituents is 1. The molecule has 3 rings (SSSR count). The van der Waals surface area contributed by atoms with Gasteiger partial charge in [-0.3, -0.25) is 9.69 Å². The number of aromatic hydroxyl groups is 1. The summed E-state index contributed by atoms with van der Waals surface area (Å²) in [5.74, 6) is 1.11. The fraction of sp³-hybridized carbons (Fsp3) is 0.591. The number of carbonyl (C=O) groups is 2. The summed E-state index contributed by atoms with van der Waals surface area (Å²) in [5, 5.41) is 12.7. The Bertz CT molecular complexity index is 817. The van der Waals surface area contributed by atoms with Crippen LogP contribution in [0.1, 0.15) is 45.6 Å². The van der Waals surface area contributed by atoms with Gasteiger partial charge in [-0.1, -0.05) is 32.0 Å². The van der Waals surface area contributed by atoms with Crippen molar-refractivity contribution in [3.63, 3.8) is 0 Å². The van der Waals surface area contributed by atoms with E-state index in [-0.39, 0.29) is 30.2 Å². The Balaban J connectivity index is 1.48. The smallest absolute Gasteiger partial charge is 0.317 e. The highest BCUT2D eigenvalue weighted by Crippen LogP contribution is 2.30. The molecule has 1 unspecified atom stereocenters. The average Bonchev–Trinajstić information content (AvgIpc) is 2.90. The van der Waals surface area contributed by atoms with Crippen LogP contribution in [0.3, 0.4) is 0 Å². The van der Waals surface area contributed by atoms with E-state index < -0.39 is 5.54 Å². The third kappa shape index (κ3) is 4.86. The summed E-state index contributed by atoms with van der Waals surface area (Å²) in [4.78, 5) is 33.2. The van der Waals surface area contributed by atoms with Gasteiger partial charge >= 0.3 is 6.03 Å². The minimum Gasteiger partial charge on any atom is -0.508 e. The van der Waals surface area contributed by atoms with Crippen LogP contribution in [0.25, 0.3) is 0 Å². The Morgan fingerprint density at radius 3 is 2.63 bits per heavy atom. The Morgan fingerprint density at radius 2 is 2.00 bits per heavy atom. The van der Waals surface area contributed by atoms with Crippen molar-refractivity contribution in [1.82, 2.24) is 15.1 Å². The van der Waals surface area contributed by atoms with Crippen LogP contribution in [0.5, 0.6) is 5.75 Å². The molecule has 1 saturated heterocycles. The minimum atomic E-state index is -0.762. The molecule has 0 aromatic heterocycles. The molecule has 2 aliphatic rings. The third-order valence-corrected chi connectivity index (χ3v) is 5.91. The van der Waals surface area contributed by atoms with Crippen molar-refractivity contribution < 1.29 is 14.7 Å². The fourth-order valence-electron chi connectivity index (χ4n) is 4.38. The first-order valence-electron chi connectivity index (χ1n) is 10.7. The lowest BCUT2D eigenvalue weighted by Crippen LogP contribution is -2.49. The number of benzene rings is 1. The van der Waals surface area contributed by atoms with E-state index in [1.54, 1.807) is 28.0 Å². The van der Waals surface area contributed by atoms with Crippen LogP contribution < -0.4 is 11.1 Å². The van der Waals surface area contributed by atoms with Gasteiger partial charge in [0, 0.05) is 31.7 Å². The topological polar surface area (TPSA) is 111 Å². The monoisotopic (exact) mass is 415 g/mol. The number of nitrogens with two attached hydrogens (primary N) is 1. The van der Waals surface area contributed by atoms with Gasteiger partial charge in [-0.15, -0.1) is 0 Å². The van der Waals surface area contributed by atoms with Crippen molar-refractivity contribution in [3.8, 4) is 5.75 Å². The summed E-state index contributed by atoms with van der Waals surface area (Å²) >= 11 is 0. The van der Waals surface area contributed by atoms with E-state index in [9.17, 15) is 14.7 Å². The number of nitrogens with one attached hydrogen (secondary N) is 1. The second-order valence-electron chi connectivity index (χ2n) is 8.98. The molecule has 4 N–H and O–H groups in total. The third-order valence-electron chi connectivity index (χ3n) is 5.91. The summed E-state index contributed by atoms with van der Waals surface area (Å²) in [6.45, 7) is 8.10. The SMILES string of the molecule is CC(C)CC1(C)N=C(N)N(CC2CCN(C(=O)NCc3ccccc3O)CC2)C1=O. The molecule has 0 bridgehead atoms. The van der Waals surface area contributed by atoms with E-state index >= 15 is 0 Å². The normalized spacial score (nSPS) is 22.5. The number of rotatable bonds is 6. The van der Waals surface area contributed by atoms with Crippen LogP contribution in [0, 0.1) is 11.8 Å². The minimum absolute atomic E-state index is 0.0171. The van der Waals surface area contributed by atoms with Crippen molar-refractivity contribution in [3.05, 3.63) is 29.8 Å². The van der Waals surface area contributed by atoms with Crippen molar-refractivity contribution in [2.75, 3.05) is 19.6 Å². The second-order valence-corrected chi connectivity index (χ2v) is 8.98. The fourth-order valence-corrected chi connectivity index (χ4v) is 4.38. The predicted octanol–water partition coefficient (Wildman–Crippen LogP) is 2.28. The second kappa shape index (κ2) is 8.93. The predicted molar refractivity (Wildman–Crippen MR) is 116 cm³/mol. The molecule has 0 aliphatic carbocycles. The number of nitrogens with zero attached hydrogens (tertiary/aromatic N) is 3. The van der Waals surface area contributed by atoms with Crippen LogP contribution in [-0.2, 0) is 11.3 Å². The Morgan fingerprint density at radius 1 is 1.33 bits per heavy atom. The molecule has 1 aromatic rings.